The Hall–Kier alpha value is -1.93. The molecule has 0 aliphatic carbocycles. The lowest BCUT2D eigenvalue weighted by Crippen LogP contribution is -2.14. The van der Waals surface area contributed by atoms with Gasteiger partial charge in [0.25, 0.3) is 6.43 Å². The van der Waals surface area contributed by atoms with E-state index in [9.17, 15) is 31.9 Å². The van der Waals surface area contributed by atoms with Crippen LogP contribution in [0.5, 0.6) is 5.75 Å². The zero-order valence-corrected chi connectivity index (χ0v) is 10.2. The number of nitrogens with zero attached hydrogens (tertiary/aromatic N) is 1. The molecular formula is C11H10F5NO3. The molecule has 0 spiro atoms. The van der Waals surface area contributed by atoms with Gasteiger partial charge in [0.15, 0.2) is 0 Å². The molecule has 20 heavy (non-hydrogen) atoms. The molecular weight excluding hydrogens is 289 g/mol. The Morgan fingerprint density at radius 3 is 2.50 bits per heavy atom. The van der Waals surface area contributed by atoms with Crippen molar-refractivity contribution in [3.05, 3.63) is 23.0 Å². The Bertz CT molecular complexity index is 502. The molecule has 1 N–H and O–H groups in total. The predicted molar refractivity (Wildman–Crippen MR) is 56.2 cm³/mol. The van der Waals surface area contributed by atoms with Gasteiger partial charge in [-0.2, -0.15) is 13.2 Å². The van der Waals surface area contributed by atoms with Gasteiger partial charge in [0.1, 0.15) is 17.1 Å². The summed E-state index contributed by atoms with van der Waals surface area (Å²) in [6.45, 7) is 1.44. The molecule has 1 heterocycles. The van der Waals surface area contributed by atoms with Crippen molar-refractivity contribution in [3.8, 4) is 5.75 Å². The van der Waals surface area contributed by atoms with Gasteiger partial charge in [-0.05, 0) is 13.0 Å². The maximum Gasteiger partial charge on any atom is 0.433 e. The highest BCUT2D eigenvalue weighted by Gasteiger charge is 2.35. The molecule has 0 fully saturated rings. The number of esters is 1. The first kappa shape index (κ1) is 16.1. The summed E-state index contributed by atoms with van der Waals surface area (Å²) in [5.74, 6) is -2.08. The second-order valence-electron chi connectivity index (χ2n) is 3.68. The van der Waals surface area contributed by atoms with Gasteiger partial charge >= 0.3 is 12.1 Å². The monoisotopic (exact) mass is 299 g/mol. The molecule has 1 aromatic heterocycles. The molecule has 0 unspecified atom stereocenters. The highest BCUT2D eigenvalue weighted by Crippen LogP contribution is 2.36. The first-order valence-corrected chi connectivity index (χ1v) is 5.40. The van der Waals surface area contributed by atoms with Crippen LogP contribution in [0.3, 0.4) is 0 Å². The minimum atomic E-state index is -4.97. The van der Waals surface area contributed by atoms with E-state index in [-0.39, 0.29) is 6.61 Å². The van der Waals surface area contributed by atoms with Crippen molar-refractivity contribution < 1.29 is 36.6 Å². The van der Waals surface area contributed by atoms with E-state index in [2.05, 4.69) is 9.72 Å². The number of aromatic nitrogens is 1. The lowest BCUT2D eigenvalue weighted by Gasteiger charge is -2.13. The van der Waals surface area contributed by atoms with Crippen LogP contribution in [0, 0.1) is 0 Å². The number of rotatable bonds is 4. The van der Waals surface area contributed by atoms with E-state index in [0.29, 0.717) is 6.07 Å². The number of carbonyl (C=O) groups excluding carboxylic acids is 1. The Labute approximate surface area is 110 Å². The van der Waals surface area contributed by atoms with Crippen molar-refractivity contribution in [2.45, 2.75) is 25.9 Å². The fourth-order valence-corrected chi connectivity index (χ4v) is 1.41. The van der Waals surface area contributed by atoms with Crippen molar-refractivity contribution >= 4 is 5.97 Å². The van der Waals surface area contributed by atoms with E-state index >= 15 is 0 Å². The zero-order valence-electron chi connectivity index (χ0n) is 10.2. The average molecular weight is 299 g/mol. The SMILES string of the molecule is CCOC(=O)Cc1cc(C(F)(F)F)nc(C(F)F)c1O. The minimum Gasteiger partial charge on any atom is -0.506 e. The number of hydrogen-bond donors (Lipinski definition) is 1. The second kappa shape index (κ2) is 6.02. The van der Waals surface area contributed by atoms with Gasteiger partial charge in [-0.15, -0.1) is 0 Å². The summed E-state index contributed by atoms with van der Waals surface area (Å²) in [5, 5.41) is 9.45. The Morgan fingerprint density at radius 1 is 1.45 bits per heavy atom. The van der Waals surface area contributed by atoms with E-state index < -0.39 is 47.7 Å². The fourth-order valence-electron chi connectivity index (χ4n) is 1.41. The van der Waals surface area contributed by atoms with Gasteiger partial charge in [-0.25, -0.2) is 13.8 Å². The van der Waals surface area contributed by atoms with Crippen LogP contribution in [-0.2, 0) is 22.1 Å². The third-order valence-electron chi connectivity index (χ3n) is 2.24. The van der Waals surface area contributed by atoms with Crippen molar-refractivity contribution in [1.29, 1.82) is 0 Å². The first-order chi connectivity index (χ1) is 9.16. The van der Waals surface area contributed by atoms with E-state index in [1.54, 1.807) is 0 Å². The molecule has 0 aromatic carbocycles. The summed E-state index contributed by atoms with van der Waals surface area (Å²) in [4.78, 5) is 13.9. The van der Waals surface area contributed by atoms with E-state index in [0.717, 1.165) is 0 Å². The van der Waals surface area contributed by atoms with Crippen molar-refractivity contribution in [2.75, 3.05) is 6.61 Å². The molecule has 1 rings (SSSR count). The van der Waals surface area contributed by atoms with Gasteiger partial charge in [0.2, 0.25) is 0 Å². The number of pyridine rings is 1. The Kier molecular flexibility index (Phi) is 4.85. The minimum absolute atomic E-state index is 0.0293. The maximum absolute atomic E-state index is 12.6. The lowest BCUT2D eigenvalue weighted by molar-refractivity contribution is -0.143. The number of halogens is 5. The highest BCUT2D eigenvalue weighted by atomic mass is 19.4. The molecule has 0 aliphatic rings. The topological polar surface area (TPSA) is 59.4 Å². The number of hydrogen-bond acceptors (Lipinski definition) is 4. The molecule has 0 aliphatic heterocycles. The van der Waals surface area contributed by atoms with Gasteiger partial charge in [-0.1, -0.05) is 0 Å². The quantitative estimate of drug-likeness (QED) is 0.686. The highest BCUT2D eigenvalue weighted by molar-refractivity contribution is 5.73. The van der Waals surface area contributed by atoms with E-state index in [4.69, 9.17) is 0 Å². The summed E-state index contributed by atoms with van der Waals surface area (Å²) >= 11 is 0. The normalized spacial score (nSPS) is 11.8. The molecule has 0 amide bonds. The molecule has 0 bridgehead atoms. The van der Waals surface area contributed by atoms with Crippen LogP contribution >= 0.6 is 0 Å². The van der Waals surface area contributed by atoms with Gasteiger partial charge < -0.3 is 9.84 Å². The molecule has 0 saturated heterocycles. The molecule has 0 atom stereocenters. The van der Waals surface area contributed by atoms with Crippen molar-refractivity contribution in [1.82, 2.24) is 4.98 Å². The number of aromatic hydroxyl groups is 1. The van der Waals surface area contributed by atoms with Crippen molar-refractivity contribution in [3.63, 3.8) is 0 Å². The number of ether oxygens (including phenoxy) is 1. The zero-order chi connectivity index (χ0) is 15.5. The first-order valence-electron chi connectivity index (χ1n) is 5.40. The smallest absolute Gasteiger partial charge is 0.433 e. The molecule has 112 valence electrons. The van der Waals surface area contributed by atoms with Crippen LogP contribution in [0.4, 0.5) is 22.0 Å². The maximum atomic E-state index is 12.6. The molecule has 0 saturated carbocycles. The van der Waals surface area contributed by atoms with Crippen LogP contribution in [0.15, 0.2) is 6.07 Å². The van der Waals surface area contributed by atoms with Crippen molar-refractivity contribution in [2.24, 2.45) is 0 Å². The Morgan fingerprint density at radius 2 is 2.05 bits per heavy atom. The lowest BCUT2D eigenvalue weighted by atomic mass is 10.1. The van der Waals surface area contributed by atoms with Crippen LogP contribution in [0.2, 0.25) is 0 Å². The van der Waals surface area contributed by atoms with E-state index in [1.165, 1.54) is 6.92 Å². The third kappa shape index (κ3) is 3.78. The summed E-state index contributed by atoms with van der Waals surface area (Å²) in [6.07, 6.45) is -9.13. The van der Waals surface area contributed by atoms with Crippen LogP contribution < -0.4 is 0 Å². The summed E-state index contributed by atoms with van der Waals surface area (Å²) < 4.78 is 67.2. The van der Waals surface area contributed by atoms with Crippen LogP contribution in [-0.4, -0.2) is 22.7 Å². The summed E-state index contributed by atoms with van der Waals surface area (Å²) in [5.41, 5.74) is -3.63. The Balaban J connectivity index is 3.28. The third-order valence-corrected chi connectivity index (χ3v) is 2.24. The van der Waals surface area contributed by atoms with Gasteiger partial charge in [0.05, 0.1) is 13.0 Å². The average Bonchev–Trinajstić information content (AvgIpc) is 2.30. The number of carbonyl (C=O) groups is 1. The number of alkyl halides is 5. The van der Waals surface area contributed by atoms with Crippen LogP contribution in [0.25, 0.3) is 0 Å². The standard InChI is InChI=1S/C11H10F5NO3/c1-2-20-7(18)4-5-3-6(11(14,15)16)17-8(9(5)19)10(12)13/h3,10,19H,2,4H2,1H3. The van der Waals surface area contributed by atoms with E-state index in [1.807, 2.05) is 0 Å². The van der Waals surface area contributed by atoms with Gasteiger partial charge in [0, 0.05) is 5.56 Å². The van der Waals surface area contributed by atoms with Crippen LogP contribution in [0.1, 0.15) is 30.3 Å². The summed E-state index contributed by atoms with van der Waals surface area (Å²) in [7, 11) is 0. The molecule has 4 nitrogen and oxygen atoms in total. The second-order valence-corrected chi connectivity index (χ2v) is 3.68. The molecule has 1 aromatic rings. The molecule has 0 radical (unpaired) electrons. The summed E-state index contributed by atoms with van der Waals surface area (Å²) in [6, 6.07) is 0.345. The van der Waals surface area contributed by atoms with Gasteiger partial charge in [-0.3, -0.25) is 4.79 Å². The largest absolute Gasteiger partial charge is 0.506 e. The fraction of sp³-hybridized carbons (Fsp3) is 0.455. The predicted octanol–water partition coefficient (Wildman–Crippen LogP) is 2.85. The molecule has 9 heteroatoms.